The topological polar surface area (TPSA) is 71.5 Å². The summed E-state index contributed by atoms with van der Waals surface area (Å²) in [5, 5.41) is 0. The quantitative estimate of drug-likeness (QED) is 0.675. The Morgan fingerprint density at radius 1 is 1.18 bits per heavy atom. The first-order chi connectivity index (χ1) is 10.6. The van der Waals surface area contributed by atoms with Crippen LogP contribution in [-0.2, 0) is 19.2 Å². The number of rotatable bonds is 1. The Morgan fingerprint density at radius 3 is 2.73 bits per heavy atom. The van der Waals surface area contributed by atoms with Crippen LogP contribution in [-0.4, -0.2) is 41.2 Å². The van der Waals surface area contributed by atoms with Crippen LogP contribution in [0.3, 0.4) is 0 Å². The van der Waals surface area contributed by atoms with Crippen molar-refractivity contribution in [2.75, 3.05) is 6.54 Å². The number of Topliss-reactive ketones (excluding diaryl/α,β-unsaturated/α-hetero) is 1. The lowest BCUT2D eigenvalue weighted by molar-refractivity contribution is -0.170. The van der Waals surface area contributed by atoms with Gasteiger partial charge in [-0.15, -0.1) is 0 Å². The molecule has 1 saturated heterocycles. The van der Waals surface area contributed by atoms with Crippen LogP contribution >= 0.6 is 0 Å². The molecule has 22 heavy (non-hydrogen) atoms. The Morgan fingerprint density at radius 2 is 1.95 bits per heavy atom. The molecule has 3 fully saturated rings. The lowest BCUT2D eigenvalue weighted by Gasteiger charge is -2.62. The van der Waals surface area contributed by atoms with Crippen LogP contribution in [0.4, 0.5) is 0 Å². The summed E-state index contributed by atoms with van der Waals surface area (Å²) in [5.74, 6) is -0.351. The van der Waals surface area contributed by atoms with Crippen LogP contribution in [0.1, 0.15) is 32.1 Å². The van der Waals surface area contributed by atoms with Crippen LogP contribution < -0.4 is 0 Å². The number of carbonyl (C=O) groups excluding carboxylic acids is 4. The number of allylic oxidation sites excluding steroid dienone is 2. The Labute approximate surface area is 128 Å². The van der Waals surface area contributed by atoms with E-state index in [0.29, 0.717) is 32.2 Å². The molecule has 4 rings (SSSR count). The Bertz CT molecular complexity index is 610. The number of fused-ring (bicyclic) bond motifs is 1. The minimum Gasteiger partial charge on any atom is -0.342 e. The van der Waals surface area contributed by atoms with Gasteiger partial charge < -0.3 is 4.90 Å². The maximum absolute atomic E-state index is 12.5. The molecule has 1 amide bonds. The molecule has 2 saturated carbocycles. The van der Waals surface area contributed by atoms with Crippen molar-refractivity contribution in [2.24, 2.45) is 23.2 Å². The van der Waals surface area contributed by atoms with Crippen molar-refractivity contribution >= 4 is 23.8 Å². The smallest absolute Gasteiger partial charge is 0.209 e. The lowest BCUT2D eigenvalue weighted by atomic mass is 9.45. The van der Waals surface area contributed by atoms with E-state index in [1.807, 2.05) is 0 Å². The van der Waals surface area contributed by atoms with E-state index in [4.69, 9.17) is 0 Å². The van der Waals surface area contributed by atoms with E-state index in [1.54, 1.807) is 4.90 Å². The molecule has 3 aliphatic carbocycles. The molecule has 5 heteroatoms. The second-order valence-electron chi connectivity index (χ2n) is 7.21. The fourth-order valence-electron chi connectivity index (χ4n) is 5.65. The third kappa shape index (κ3) is 1.65. The van der Waals surface area contributed by atoms with Crippen LogP contribution in [0.15, 0.2) is 12.2 Å². The molecule has 5 atom stereocenters. The molecule has 0 N–H and O–H groups in total. The summed E-state index contributed by atoms with van der Waals surface area (Å²) in [6.07, 6.45) is 6.55. The van der Waals surface area contributed by atoms with Crippen molar-refractivity contribution in [3.8, 4) is 0 Å². The first kappa shape index (κ1) is 13.9. The van der Waals surface area contributed by atoms with Gasteiger partial charge in [0.05, 0.1) is 0 Å². The normalized spacial score (nSPS) is 43.6. The summed E-state index contributed by atoms with van der Waals surface area (Å²) in [6, 6.07) is 0.00356. The molecule has 0 spiro atoms. The highest BCUT2D eigenvalue weighted by atomic mass is 16.1. The molecule has 0 aromatic heterocycles. The monoisotopic (exact) mass is 301 g/mol. The van der Waals surface area contributed by atoms with Crippen molar-refractivity contribution in [1.82, 2.24) is 4.90 Å². The van der Waals surface area contributed by atoms with Crippen molar-refractivity contribution in [3.63, 3.8) is 0 Å². The standard InChI is InChI=1S/C17H19NO4/c19-9-18-6-5-17-8-10(20)1-2-12(17)13(18)7-11-14(21)3-4-15(22)16(11)17/h3-4,9,11-13,16H,1-2,5-8H2/t11?,12-,13+,16?,17-/m0/s1. The minimum absolute atomic E-state index is 0.00213. The highest BCUT2D eigenvalue weighted by molar-refractivity contribution is 6.08. The van der Waals surface area contributed by atoms with E-state index < -0.39 is 5.41 Å². The van der Waals surface area contributed by atoms with E-state index in [1.165, 1.54) is 12.2 Å². The second kappa shape index (κ2) is 4.61. The maximum atomic E-state index is 12.5. The summed E-state index contributed by atoms with van der Waals surface area (Å²) in [4.78, 5) is 50.2. The second-order valence-corrected chi connectivity index (χ2v) is 7.21. The van der Waals surface area contributed by atoms with Crippen molar-refractivity contribution in [3.05, 3.63) is 12.2 Å². The van der Waals surface area contributed by atoms with Gasteiger partial charge in [0, 0.05) is 37.3 Å². The first-order valence-electron chi connectivity index (χ1n) is 8.05. The SMILES string of the molecule is O=CN1CC[C@]23CC(=O)CC[C@H]2[C@H]1CC1C(=O)C=CC(=O)C13. The van der Waals surface area contributed by atoms with E-state index in [9.17, 15) is 19.2 Å². The number of hydrogen-bond acceptors (Lipinski definition) is 4. The van der Waals surface area contributed by atoms with Gasteiger partial charge in [-0.05, 0) is 42.7 Å². The zero-order chi connectivity index (χ0) is 15.5. The third-order valence-corrected chi connectivity index (χ3v) is 6.46. The zero-order valence-electron chi connectivity index (χ0n) is 12.4. The highest BCUT2D eigenvalue weighted by Gasteiger charge is 2.63. The molecule has 2 bridgehead atoms. The summed E-state index contributed by atoms with van der Waals surface area (Å²) in [6.45, 7) is 0.590. The summed E-state index contributed by atoms with van der Waals surface area (Å²) < 4.78 is 0. The lowest BCUT2D eigenvalue weighted by Crippen LogP contribution is -2.66. The van der Waals surface area contributed by atoms with Gasteiger partial charge in [0.15, 0.2) is 11.6 Å². The van der Waals surface area contributed by atoms with Gasteiger partial charge >= 0.3 is 0 Å². The number of carbonyl (C=O) groups is 4. The molecule has 0 radical (unpaired) electrons. The first-order valence-corrected chi connectivity index (χ1v) is 8.05. The molecule has 4 aliphatic rings. The largest absolute Gasteiger partial charge is 0.342 e. The summed E-state index contributed by atoms with van der Waals surface area (Å²) >= 11 is 0. The number of ketones is 3. The minimum atomic E-state index is -0.403. The molecule has 116 valence electrons. The van der Waals surface area contributed by atoms with Gasteiger partial charge in [-0.3, -0.25) is 19.2 Å². The predicted molar refractivity (Wildman–Crippen MR) is 76.7 cm³/mol. The van der Waals surface area contributed by atoms with E-state index >= 15 is 0 Å². The molecule has 5 nitrogen and oxygen atoms in total. The van der Waals surface area contributed by atoms with E-state index in [0.717, 1.165) is 12.8 Å². The van der Waals surface area contributed by atoms with Gasteiger partial charge in [0.2, 0.25) is 6.41 Å². The number of nitrogens with zero attached hydrogens (tertiary/aromatic N) is 1. The van der Waals surface area contributed by atoms with Gasteiger partial charge in [0.25, 0.3) is 0 Å². The van der Waals surface area contributed by atoms with Crippen molar-refractivity contribution < 1.29 is 19.2 Å². The van der Waals surface area contributed by atoms with Gasteiger partial charge in [0.1, 0.15) is 5.78 Å². The number of piperidine rings is 1. The average Bonchev–Trinajstić information content (AvgIpc) is 2.50. The van der Waals surface area contributed by atoms with Crippen LogP contribution in [0, 0.1) is 23.2 Å². The molecule has 0 aromatic rings. The summed E-state index contributed by atoms with van der Waals surface area (Å²) in [7, 11) is 0. The van der Waals surface area contributed by atoms with Crippen molar-refractivity contribution in [1.29, 1.82) is 0 Å². The Hall–Kier alpha value is -1.78. The Balaban J connectivity index is 1.84. The highest BCUT2D eigenvalue weighted by Crippen LogP contribution is 2.60. The van der Waals surface area contributed by atoms with Gasteiger partial charge in [-0.1, -0.05) is 0 Å². The van der Waals surface area contributed by atoms with Crippen LogP contribution in [0.5, 0.6) is 0 Å². The third-order valence-electron chi connectivity index (χ3n) is 6.46. The molecular weight excluding hydrogens is 282 g/mol. The molecule has 1 heterocycles. The molecule has 0 aromatic carbocycles. The molecular formula is C17H19NO4. The predicted octanol–water partition coefficient (Wildman–Crippen LogP) is 0.917. The summed E-state index contributed by atoms with van der Waals surface area (Å²) in [5.41, 5.74) is -0.403. The van der Waals surface area contributed by atoms with Gasteiger partial charge in [-0.25, -0.2) is 0 Å². The Kier molecular flexibility index (Phi) is 2.90. The average molecular weight is 301 g/mol. The molecule has 1 aliphatic heterocycles. The number of likely N-dealkylation sites (tertiary alicyclic amines) is 1. The van der Waals surface area contributed by atoms with E-state index in [-0.39, 0.29) is 41.1 Å². The van der Waals surface area contributed by atoms with E-state index in [2.05, 4.69) is 0 Å². The fraction of sp³-hybridized carbons (Fsp3) is 0.647. The number of hydrogen-bond donors (Lipinski definition) is 0. The zero-order valence-corrected chi connectivity index (χ0v) is 12.4. The maximum Gasteiger partial charge on any atom is 0.209 e. The molecule has 2 unspecified atom stereocenters. The fourth-order valence-corrected chi connectivity index (χ4v) is 5.65. The van der Waals surface area contributed by atoms with Crippen LogP contribution in [0.25, 0.3) is 0 Å². The number of amides is 1. The van der Waals surface area contributed by atoms with Crippen molar-refractivity contribution in [2.45, 2.75) is 38.1 Å². The van der Waals surface area contributed by atoms with Gasteiger partial charge in [-0.2, -0.15) is 0 Å². The van der Waals surface area contributed by atoms with Crippen LogP contribution in [0.2, 0.25) is 0 Å².